The summed E-state index contributed by atoms with van der Waals surface area (Å²) >= 11 is 5.94. The van der Waals surface area contributed by atoms with Crippen molar-refractivity contribution < 1.29 is 8.42 Å². The first kappa shape index (κ1) is 14.6. The molecule has 21 heavy (non-hydrogen) atoms. The van der Waals surface area contributed by atoms with Gasteiger partial charge >= 0.3 is 0 Å². The first-order valence-electron chi connectivity index (χ1n) is 6.78. The van der Waals surface area contributed by atoms with Crippen LogP contribution in [0.4, 0.5) is 0 Å². The standard InChI is InChI=1S/C16H16ClNO2S/c1-18-16-14-8-3-2-5-11(14)9-15(16)21(19,20)13-7-4-6-12(17)10-13/h2-8,10,15-16,18H,9H2,1H3. The molecule has 3 rings (SSSR count). The molecular formula is C16H16ClNO2S. The van der Waals surface area contributed by atoms with Gasteiger partial charge in [-0.25, -0.2) is 8.42 Å². The van der Waals surface area contributed by atoms with E-state index >= 15 is 0 Å². The van der Waals surface area contributed by atoms with Crippen LogP contribution < -0.4 is 5.32 Å². The predicted molar refractivity (Wildman–Crippen MR) is 84.4 cm³/mol. The van der Waals surface area contributed by atoms with Gasteiger partial charge in [0.25, 0.3) is 0 Å². The SMILES string of the molecule is CNC1c2ccccc2CC1S(=O)(=O)c1cccc(Cl)c1. The lowest BCUT2D eigenvalue weighted by atomic mass is 10.1. The Labute approximate surface area is 129 Å². The van der Waals surface area contributed by atoms with Gasteiger partial charge in [0, 0.05) is 11.1 Å². The maximum absolute atomic E-state index is 12.9. The molecule has 0 fully saturated rings. The monoisotopic (exact) mass is 321 g/mol. The van der Waals surface area contributed by atoms with E-state index < -0.39 is 15.1 Å². The van der Waals surface area contributed by atoms with Crippen molar-refractivity contribution >= 4 is 21.4 Å². The number of rotatable bonds is 3. The molecule has 2 atom stereocenters. The number of hydrogen-bond acceptors (Lipinski definition) is 3. The summed E-state index contributed by atoms with van der Waals surface area (Å²) in [4.78, 5) is 0.285. The van der Waals surface area contributed by atoms with Crippen LogP contribution in [-0.2, 0) is 16.3 Å². The molecular weight excluding hydrogens is 306 g/mol. The molecule has 0 radical (unpaired) electrons. The van der Waals surface area contributed by atoms with Gasteiger partial charge in [0.05, 0.1) is 10.1 Å². The maximum atomic E-state index is 12.9. The third-order valence-corrected chi connectivity index (χ3v) is 6.40. The molecule has 110 valence electrons. The molecule has 0 aliphatic heterocycles. The lowest BCUT2D eigenvalue weighted by molar-refractivity contribution is 0.536. The first-order valence-corrected chi connectivity index (χ1v) is 8.71. The highest BCUT2D eigenvalue weighted by atomic mass is 35.5. The lowest BCUT2D eigenvalue weighted by Gasteiger charge is -2.20. The van der Waals surface area contributed by atoms with Crippen molar-refractivity contribution in [3.63, 3.8) is 0 Å². The molecule has 0 amide bonds. The highest BCUT2D eigenvalue weighted by molar-refractivity contribution is 7.92. The average molecular weight is 322 g/mol. The van der Waals surface area contributed by atoms with Crippen LogP contribution in [0.25, 0.3) is 0 Å². The topological polar surface area (TPSA) is 46.2 Å². The van der Waals surface area contributed by atoms with E-state index in [0.717, 1.165) is 11.1 Å². The Bertz CT molecular complexity index is 773. The minimum absolute atomic E-state index is 0.190. The van der Waals surface area contributed by atoms with Crippen LogP contribution in [-0.4, -0.2) is 20.7 Å². The van der Waals surface area contributed by atoms with Crippen molar-refractivity contribution in [2.45, 2.75) is 22.6 Å². The summed E-state index contributed by atoms with van der Waals surface area (Å²) < 4.78 is 25.9. The summed E-state index contributed by atoms with van der Waals surface area (Å²) in [5, 5.41) is 3.08. The molecule has 0 aromatic heterocycles. The van der Waals surface area contributed by atoms with E-state index in [0.29, 0.717) is 11.4 Å². The average Bonchev–Trinajstić information content (AvgIpc) is 2.86. The third kappa shape index (κ3) is 2.48. The van der Waals surface area contributed by atoms with Crippen LogP contribution in [0.3, 0.4) is 0 Å². The van der Waals surface area contributed by atoms with Crippen molar-refractivity contribution in [1.82, 2.24) is 5.32 Å². The van der Waals surface area contributed by atoms with Gasteiger partial charge < -0.3 is 5.32 Å². The zero-order valence-electron chi connectivity index (χ0n) is 11.6. The van der Waals surface area contributed by atoms with Crippen molar-refractivity contribution in [2.75, 3.05) is 7.05 Å². The molecule has 0 saturated carbocycles. The van der Waals surface area contributed by atoms with Gasteiger partial charge in [0.2, 0.25) is 0 Å². The normalized spacial score (nSPS) is 21.2. The van der Waals surface area contributed by atoms with E-state index in [1.807, 2.05) is 24.3 Å². The second kappa shape index (κ2) is 5.44. The predicted octanol–water partition coefficient (Wildman–Crippen LogP) is 3.00. The molecule has 3 nitrogen and oxygen atoms in total. The zero-order chi connectivity index (χ0) is 15.0. The van der Waals surface area contributed by atoms with Gasteiger partial charge in [-0.3, -0.25) is 0 Å². The molecule has 2 unspecified atom stereocenters. The fourth-order valence-corrected chi connectivity index (χ4v) is 5.21. The lowest BCUT2D eigenvalue weighted by Crippen LogP contribution is -2.33. The van der Waals surface area contributed by atoms with Gasteiger partial charge in [-0.2, -0.15) is 0 Å². The summed E-state index contributed by atoms with van der Waals surface area (Å²) in [6.45, 7) is 0. The highest BCUT2D eigenvalue weighted by Gasteiger charge is 2.40. The van der Waals surface area contributed by atoms with E-state index in [1.165, 1.54) is 6.07 Å². The maximum Gasteiger partial charge on any atom is 0.183 e. The van der Waals surface area contributed by atoms with Crippen molar-refractivity contribution in [3.8, 4) is 0 Å². The third-order valence-electron chi connectivity index (χ3n) is 4.02. The van der Waals surface area contributed by atoms with Crippen molar-refractivity contribution in [1.29, 1.82) is 0 Å². The molecule has 0 saturated heterocycles. The van der Waals surface area contributed by atoms with Crippen LogP contribution in [0.15, 0.2) is 53.4 Å². The van der Waals surface area contributed by atoms with Crippen LogP contribution >= 0.6 is 11.6 Å². The second-order valence-electron chi connectivity index (χ2n) is 5.21. The summed E-state index contributed by atoms with van der Waals surface area (Å²) in [6.07, 6.45) is 0.524. The number of halogens is 1. The molecule has 1 aliphatic rings. The minimum atomic E-state index is -3.44. The summed E-state index contributed by atoms with van der Waals surface area (Å²) in [5.41, 5.74) is 2.16. The Hall–Kier alpha value is -1.36. The van der Waals surface area contributed by atoms with Crippen molar-refractivity contribution in [2.24, 2.45) is 0 Å². The van der Waals surface area contributed by atoms with Crippen LogP contribution in [0.5, 0.6) is 0 Å². The summed E-state index contributed by atoms with van der Waals surface area (Å²) in [7, 11) is -1.64. The molecule has 0 bridgehead atoms. The first-order chi connectivity index (χ1) is 10.0. The van der Waals surface area contributed by atoms with Gasteiger partial charge in [-0.05, 0) is 42.8 Å². The largest absolute Gasteiger partial charge is 0.312 e. The summed E-state index contributed by atoms with van der Waals surface area (Å²) in [6, 6.07) is 14.2. The van der Waals surface area contributed by atoms with E-state index in [2.05, 4.69) is 5.32 Å². The quantitative estimate of drug-likeness (QED) is 0.945. The van der Waals surface area contributed by atoms with Gasteiger partial charge in [-0.15, -0.1) is 0 Å². The Kier molecular flexibility index (Phi) is 3.78. The number of fused-ring (bicyclic) bond motifs is 1. The van der Waals surface area contributed by atoms with Gasteiger partial charge in [0.15, 0.2) is 9.84 Å². The second-order valence-corrected chi connectivity index (χ2v) is 7.81. The molecule has 0 spiro atoms. The molecule has 2 aromatic rings. The van der Waals surface area contributed by atoms with E-state index in [-0.39, 0.29) is 10.9 Å². The van der Waals surface area contributed by atoms with Crippen LogP contribution in [0.1, 0.15) is 17.2 Å². The van der Waals surface area contributed by atoms with E-state index in [9.17, 15) is 8.42 Å². The van der Waals surface area contributed by atoms with Gasteiger partial charge in [-0.1, -0.05) is 41.9 Å². The molecule has 1 N–H and O–H groups in total. The number of nitrogens with one attached hydrogen (secondary N) is 1. The smallest absolute Gasteiger partial charge is 0.183 e. The highest BCUT2D eigenvalue weighted by Crippen LogP contribution is 2.37. The molecule has 2 aromatic carbocycles. The fourth-order valence-electron chi connectivity index (χ4n) is 3.01. The molecule has 0 heterocycles. The number of hydrogen-bond donors (Lipinski definition) is 1. The number of benzene rings is 2. The number of sulfone groups is 1. The Morgan fingerprint density at radius 1 is 1.14 bits per heavy atom. The Morgan fingerprint density at radius 2 is 1.90 bits per heavy atom. The zero-order valence-corrected chi connectivity index (χ0v) is 13.2. The van der Waals surface area contributed by atoms with E-state index in [1.54, 1.807) is 25.2 Å². The fraction of sp³-hybridized carbons (Fsp3) is 0.250. The summed E-state index contributed by atoms with van der Waals surface area (Å²) in [5.74, 6) is 0. The van der Waals surface area contributed by atoms with Crippen LogP contribution in [0, 0.1) is 0 Å². The molecule has 1 aliphatic carbocycles. The Balaban J connectivity index is 2.05. The van der Waals surface area contributed by atoms with Crippen LogP contribution in [0.2, 0.25) is 5.02 Å². The Morgan fingerprint density at radius 3 is 2.62 bits per heavy atom. The minimum Gasteiger partial charge on any atom is -0.312 e. The van der Waals surface area contributed by atoms with Crippen molar-refractivity contribution in [3.05, 3.63) is 64.7 Å². The molecule has 5 heteroatoms. The van der Waals surface area contributed by atoms with E-state index in [4.69, 9.17) is 11.6 Å². The van der Waals surface area contributed by atoms with Gasteiger partial charge in [0.1, 0.15) is 0 Å².